The third kappa shape index (κ3) is 6.07. The van der Waals surface area contributed by atoms with E-state index in [2.05, 4.69) is 4.98 Å². The first-order valence-corrected chi connectivity index (χ1v) is 14.4. The number of fused-ring (bicyclic) bond motifs is 1. The van der Waals surface area contributed by atoms with Crippen LogP contribution in [0.25, 0.3) is 10.9 Å². The smallest absolute Gasteiger partial charge is 0.415 e. The quantitative estimate of drug-likeness (QED) is 0.198. The van der Waals surface area contributed by atoms with E-state index in [1.165, 1.54) is 19.2 Å². The van der Waals surface area contributed by atoms with Crippen LogP contribution in [0.2, 0.25) is 0 Å². The second kappa shape index (κ2) is 11.8. The van der Waals surface area contributed by atoms with Crippen molar-refractivity contribution >= 4 is 28.6 Å². The summed E-state index contributed by atoms with van der Waals surface area (Å²) >= 11 is 0. The highest BCUT2D eigenvalue weighted by atomic mass is 19.1. The summed E-state index contributed by atoms with van der Waals surface area (Å²) < 4.78 is 30.5. The summed E-state index contributed by atoms with van der Waals surface area (Å²) in [7, 11) is 1.51. The molecular weight excluding hydrogens is 551 g/mol. The van der Waals surface area contributed by atoms with Crippen LogP contribution in [-0.4, -0.2) is 47.7 Å². The van der Waals surface area contributed by atoms with Crippen LogP contribution in [0.5, 0.6) is 23.0 Å². The summed E-state index contributed by atoms with van der Waals surface area (Å²) in [5.41, 5.74) is 1.11. The van der Waals surface area contributed by atoms with Crippen molar-refractivity contribution in [3.63, 3.8) is 0 Å². The number of carbonyl (C=O) groups is 3. The van der Waals surface area contributed by atoms with Crippen LogP contribution in [0.3, 0.4) is 0 Å². The molecule has 0 radical (unpaired) electrons. The Morgan fingerprint density at radius 2 is 1.47 bits per heavy atom. The molecule has 1 saturated carbocycles. The molecule has 2 heterocycles. The molecule has 1 aliphatic heterocycles. The zero-order valence-electron chi connectivity index (χ0n) is 23.8. The lowest BCUT2D eigenvalue weighted by atomic mass is 9.88. The Hall–Kier alpha value is -4.79. The molecule has 8 nitrogen and oxygen atoms in total. The lowest BCUT2D eigenvalue weighted by Gasteiger charge is -2.17. The average molecular weight is 583 g/mol. The van der Waals surface area contributed by atoms with Gasteiger partial charge in [-0.15, -0.1) is 0 Å². The molecular formula is C34H31FN2O6. The molecule has 0 N–H and O–H groups in total. The van der Waals surface area contributed by atoms with Gasteiger partial charge in [-0.1, -0.05) is 24.3 Å². The number of methoxy groups -OCH3 is 1. The first-order chi connectivity index (χ1) is 20.8. The fraction of sp³-hybridized carbons (Fsp3) is 0.294. The molecule has 220 valence electrons. The molecule has 0 spiro atoms. The second-order valence-corrected chi connectivity index (χ2v) is 11.0. The molecule has 1 aromatic heterocycles. The predicted octanol–water partition coefficient (Wildman–Crippen LogP) is 6.47. The number of ether oxygens (including phenoxy) is 3. The third-order valence-electron chi connectivity index (χ3n) is 8.16. The van der Waals surface area contributed by atoms with Crippen molar-refractivity contribution in [2.45, 2.75) is 38.5 Å². The van der Waals surface area contributed by atoms with Crippen molar-refractivity contribution in [3.05, 3.63) is 89.9 Å². The number of rotatable bonds is 10. The minimum absolute atomic E-state index is 0.0956. The molecule has 43 heavy (non-hydrogen) atoms. The summed E-state index contributed by atoms with van der Waals surface area (Å²) in [6.07, 6.45) is 4.48. The van der Waals surface area contributed by atoms with Gasteiger partial charge >= 0.3 is 6.09 Å². The highest BCUT2D eigenvalue weighted by molar-refractivity contribution is 6.11. The number of amides is 1. The van der Waals surface area contributed by atoms with Crippen LogP contribution in [0.4, 0.5) is 9.18 Å². The highest BCUT2D eigenvalue weighted by Gasteiger charge is 2.54. The SMILES string of the molecule is COc1cc2c(Oc3ccc(CC(=O)C4(C(=O)Cc5ccc(F)cc5)CC4)cc3)ccnc2cc1OC(=O)N1CCCC1. The lowest BCUT2D eigenvalue weighted by molar-refractivity contribution is -0.133. The maximum atomic E-state index is 13.2. The summed E-state index contributed by atoms with van der Waals surface area (Å²) in [6.45, 7) is 1.35. The van der Waals surface area contributed by atoms with Gasteiger partial charge in [-0.25, -0.2) is 9.18 Å². The van der Waals surface area contributed by atoms with Crippen LogP contribution >= 0.6 is 0 Å². The van der Waals surface area contributed by atoms with Crippen molar-refractivity contribution < 1.29 is 33.0 Å². The molecule has 0 atom stereocenters. The predicted molar refractivity (Wildman–Crippen MR) is 157 cm³/mol. The molecule has 1 aliphatic carbocycles. The molecule has 1 amide bonds. The molecule has 6 rings (SSSR count). The largest absolute Gasteiger partial charge is 0.493 e. The molecule has 0 bridgehead atoms. The van der Waals surface area contributed by atoms with Crippen molar-refractivity contribution in [2.24, 2.45) is 5.41 Å². The number of hydrogen-bond acceptors (Lipinski definition) is 7. The zero-order valence-corrected chi connectivity index (χ0v) is 23.8. The first-order valence-electron chi connectivity index (χ1n) is 14.4. The number of aromatic nitrogens is 1. The Morgan fingerprint density at radius 1 is 0.837 bits per heavy atom. The van der Waals surface area contributed by atoms with Gasteiger partial charge in [0.25, 0.3) is 0 Å². The zero-order chi connectivity index (χ0) is 30.0. The third-order valence-corrected chi connectivity index (χ3v) is 8.16. The van der Waals surface area contributed by atoms with Crippen molar-refractivity contribution in [2.75, 3.05) is 20.2 Å². The van der Waals surface area contributed by atoms with Gasteiger partial charge < -0.3 is 19.1 Å². The lowest BCUT2D eigenvalue weighted by Crippen LogP contribution is -2.30. The Kier molecular flexibility index (Phi) is 7.80. The van der Waals surface area contributed by atoms with Crippen LogP contribution < -0.4 is 14.2 Å². The molecule has 2 fully saturated rings. The van der Waals surface area contributed by atoms with Gasteiger partial charge in [0, 0.05) is 43.6 Å². The number of carbonyl (C=O) groups excluding carboxylic acids is 3. The van der Waals surface area contributed by atoms with Crippen LogP contribution in [-0.2, 0) is 22.4 Å². The molecule has 1 saturated heterocycles. The molecule has 2 aliphatic rings. The fourth-order valence-electron chi connectivity index (χ4n) is 5.47. The summed E-state index contributed by atoms with van der Waals surface area (Å²) in [5.74, 6) is 1.20. The maximum absolute atomic E-state index is 13.2. The van der Waals surface area contributed by atoms with Gasteiger partial charge in [0.15, 0.2) is 23.1 Å². The first kappa shape index (κ1) is 28.3. The number of halogens is 1. The summed E-state index contributed by atoms with van der Waals surface area (Å²) in [5, 5.41) is 0.676. The van der Waals surface area contributed by atoms with Gasteiger partial charge in [0.2, 0.25) is 0 Å². The van der Waals surface area contributed by atoms with Crippen molar-refractivity contribution in [3.8, 4) is 23.0 Å². The number of hydrogen-bond donors (Lipinski definition) is 0. The number of pyridine rings is 1. The Balaban J connectivity index is 1.13. The number of nitrogens with zero attached hydrogens (tertiary/aromatic N) is 2. The van der Waals surface area contributed by atoms with E-state index in [9.17, 15) is 18.8 Å². The number of Topliss-reactive ketones (excluding diaryl/α,β-unsaturated/α-hetero) is 2. The van der Waals surface area contributed by atoms with E-state index >= 15 is 0 Å². The van der Waals surface area contributed by atoms with Gasteiger partial charge in [-0.2, -0.15) is 0 Å². The van der Waals surface area contributed by atoms with Gasteiger partial charge in [0.1, 0.15) is 17.3 Å². The average Bonchev–Trinajstić information content (AvgIpc) is 3.65. The Labute approximate surface area is 248 Å². The molecule has 9 heteroatoms. The van der Waals surface area contributed by atoms with Gasteiger partial charge in [-0.3, -0.25) is 14.6 Å². The topological polar surface area (TPSA) is 95.0 Å². The Morgan fingerprint density at radius 3 is 2.07 bits per heavy atom. The summed E-state index contributed by atoms with van der Waals surface area (Å²) in [4.78, 5) is 44.8. The van der Waals surface area contributed by atoms with E-state index in [0.717, 1.165) is 18.4 Å². The van der Waals surface area contributed by atoms with Gasteiger partial charge in [0.05, 0.1) is 18.0 Å². The highest BCUT2D eigenvalue weighted by Crippen LogP contribution is 2.49. The normalized spacial score (nSPS) is 15.3. The van der Waals surface area contributed by atoms with Crippen LogP contribution in [0.15, 0.2) is 72.9 Å². The molecule has 0 unspecified atom stereocenters. The summed E-state index contributed by atoms with van der Waals surface area (Å²) in [6, 6.07) is 18.1. The minimum atomic E-state index is -0.944. The monoisotopic (exact) mass is 582 g/mol. The van der Waals surface area contributed by atoms with E-state index in [1.54, 1.807) is 53.6 Å². The Bertz CT molecular complexity index is 1680. The van der Waals surface area contributed by atoms with Gasteiger partial charge in [-0.05, 0) is 73.2 Å². The van der Waals surface area contributed by atoms with E-state index in [4.69, 9.17) is 14.2 Å². The standard InChI is InChI=1S/C34H31FN2O6/c1-41-29-20-26-27(21-30(29)43-33(40)37-16-2-3-17-37)36-15-12-28(26)42-25-10-6-23(7-11-25)19-32(39)34(13-14-34)31(38)18-22-4-8-24(35)9-5-22/h4-12,15,20-21H,2-3,13-14,16-19H2,1H3. The fourth-order valence-corrected chi connectivity index (χ4v) is 5.47. The van der Waals surface area contributed by atoms with Crippen molar-refractivity contribution in [1.82, 2.24) is 9.88 Å². The van der Waals surface area contributed by atoms with E-state index in [-0.39, 0.29) is 36.0 Å². The second-order valence-electron chi connectivity index (χ2n) is 11.0. The van der Waals surface area contributed by atoms with E-state index in [1.807, 2.05) is 12.1 Å². The van der Waals surface area contributed by atoms with Crippen LogP contribution in [0, 0.1) is 11.2 Å². The van der Waals surface area contributed by atoms with Crippen molar-refractivity contribution in [1.29, 1.82) is 0 Å². The minimum Gasteiger partial charge on any atom is -0.493 e. The van der Waals surface area contributed by atoms with E-state index in [0.29, 0.717) is 59.6 Å². The molecule has 4 aromatic rings. The van der Waals surface area contributed by atoms with E-state index < -0.39 is 11.5 Å². The molecule has 3 aromatic carbocycles. The number of ketones is 2. The number of likely N-dealkylation sites (tertiary alicyclic amines) is 1. The van der Waals surface area contributed by atoms with Crippen LogP contribution in [0.1, 0.15) is 36.8 Å². The number of benzene rings is 3. The maximum Gasteiger partial charge on any atom is 0.415 e.